The molecule has 164 valence electrons. The van der Waals surface area contributed by atoms with Crippen LogP contribution in [0.25, 0.3) is 11.0 Å². The summed E-state index contributed by atoms with van der Waals surface area (Å²) in [6, 6.07) is 7.91. The molecule has 1 aromatic carbocycles. The van der Waals surface area contributed by atoms with E-state index in [1.807, 2.05) is 41.0 Å². The fourth-order valence-electron chi connectivity index (χ4n) is 4.45. The van der Waals surface area contributed by atoms with Gasteiger partial charge in [0.05, 0.1) is 17.1 Å². The molecule has 6 heteroatoms. The molecule has 30 heavy (non-hydrogen) atoms. The average Bonchev–Trinajstić information content (AvgIpc) is 3.31. The number of nitrogens with zero attached hydrogens (tertiary/aromatic N) is 4. The van der Waals surface area contributed by atoms with Crippen molar-refractivity contribution in [2.24, 2.45) is 11.8 Å². The highest BCUT2D eigenvalue weighted by atomic mass is 16.2. The first-order valence-electron chi connectivity index (χ1n) is 11.3. The van der Waals surface area contributed by atoms with Crippen LogP contribution < -0.4 is 0 Å². The van der Waals surface area contributed by atoms with Crippen LogP contribution in [0.2, 0.25) is 0 Å². The van der Waals surface area contributed by atoms with Gasteiger partial charge in [0.15, 0.2) is 0 Å². The Morgan fingerprint density at radius 3 is 2.43 bits per heavy atom. The lowest BCUT2D eigenvalue weighted by atomic mass is 10.1. The second kappa shape index (κ2) is 9.63. The number of hydrogen-bond acceptors (Lipinski definition) is 3. The maximum Gasteiger partial charge on any atom is 0.242 e. The lowest BCUT2D eigenvalue weighted by molar-refractivity contribution is -0.132. The number of fused-ring (bicyclic) bond motifs is 1. The number of benzene rings is 1. The molecule has 2 heterocycles. The van der Waals surface area contributed by atoms with Crippen molar-refractivity contribution in [2.45, 2.75) is 66.5 Å². The van der Waals surface area contributed by atoms with E-state index in [1.54, 1.807) is 0 Å². The standard InChI is InChI=1S/C24H36N4O2/c1-6-22(29)27-13-9-12-21(27)24-25-19-10-7-8-11-20(19)28(24)16-23(30)26(14-17(2)3)15-18(4)5/h7-8,10-11,17-18,21H,6,9,12-16H2,1-5H3/t21-/m0/s1. The van der Waals surface area contributed by atoms with Gasteiger partial charge < -0.3 is 14.4 Å². The monoisotopic (exact) mass is 412 g/mol. The normalized spacial score (nSPS) is 16.8. The number of carbonyl (C=O) groups is 2. The maximum absolute atomic E-state index is 13.4. The SMILES string of the molecule is CCC(=O)N1CCC[C@H]1c1nc2ccccc2n1CC(=O)N(CC(C)C)CC(C)C. The molecule has 0 aliphatic carbocycles. The van der Waals surface area contributed by atoms with Crippen molar-refractivity contribution >= 4 is 22.8 Å². The van der Waals surface area contributed by atoms with E-state index >= 15 is 0 Å². The summed E-state index contributed by atoms with van der Waals surface area (Å²) in [6.07, 6.45) is 2.36. The van der Waals surface area contributed by atoms with Gasteiger partial charge in [-0.3, -0.25) is 9.59 Å². The van der Waals surface area contributed by atoms with Crippen molar-refractivity contribution in [3.63, 3.8) is 0 Å². The Bertz CT molecular complexity index is 876. The highest BCUT2D eigenvalue weighted by molar-refractivity contribution is 5.82. The highest BCUT2D eigenvalue weighted by Crippen LogP contribution is 2.34. The van der Waals surface area contributed by atoms with Crippen LogP contribution in [-0.2, 0) is 16.1 Å². The van der Waals surface area contributed by atoms with Gasteiger partial charge in [-0.15, -0.1) is 0 Å². The van der Waals surface area contributed by atoms with Crippen molar-refractivity contribution < 1.29 is 9.59 Å². The predicted molar refractivity (Wildman–Crippen MR) is 120 cm³/mol. The predicted octanol–water partition coefficient (Wildman–Crippen LogP) is 4.25. The van der Waals surface area contributed by atoms with Crippen LogP contribution in [0, 0.1) is 11.8 Å². The number of imidazole rings is 1. The van der Waals surface area contributed by atoms with Crippen molar-refractivity contribution in [3.05, 3.63) is 30.1 Å². The number of carbonyl (C=O) groups excluding carboxylic acids is 2. The van der Waals surface area contributed by atoms with Gasteiger partial charge in [-0.1, -0.05) is 46.8 Å². The van der Waals surface area contributed by atoms with Crippen LogP contribution in [0.4, 0.5) is 0 Å². The second-order valence-electron chi connectivity index (χ2n) is 9.23. The van der Waals surface area contributed by atoms with E-state index < -0.39 is 0 Å². The van der Waals surface area contributed by atoms with Crippen LogP contribution in [0.15, 0.2) is 24.3 Å². The quantitative estimate of drug-likeness (QED) is 0.651. The third kappa shape index (κ3) is 4.85. The molecular weight excluding hydrogens is 376 g/mol. The van der Waals surface area contributed by atoms with E-state index in [0.717, 1.165) is 49.3 Å². The van der Waals surface area contributed by atoms with E-state index in [9.17, 15) is 9.59 Å². The molecule has 0 radical (unpaired) electrons. The number of likely N-dealkylation sites (tertiary alicyclic amines) is 1. The molecule has 1 aliphatic heterocycles. The van der Waals surface area contributed by atoms with Crippen molar-refractivity contribution in [1.82, 2.24) is 19.4 Å². The summed E-state index contributed by atoms with van der Waals surface area (Å²) in [5, 5.41) is 0. The van der Waals surface area contributed by atoms with E-state index in [4.69, 9.17) is 4.98 Å². The molecule has 0 bridgehead atoms. The lowest BCUT2D eigenvalue weighted by Crippen LogP contribution is -2.39. The number of para-hydroxylation sites is 2. The zero-order valence-electron chi connectivity index (χ0n) is 19.1. The Labute approximate surface area is 180 Å². The molecule has 0 N–H and O–H groups in total. The van der Waals surface area contributed by atoms with Gasteiger partial charge in [0.25, 0.3) is 0 Å². The fourth-order valence-corrected chi connectivity index (χ4v) is 4.45. The van der Waals surface area contributed by atoms with E-state index in [2.05, 4.69) is 32.3 Å². The van der Waals surface area contributed by atoms with Gasteiger partial charge in [0, 0.05) is 26.1 Å². The number of rotatable bonds is 8. The molecule has 1 aliphatic rings. The van der Waals surface area contributed by atoms with Gasteiger partial charge in [-0.2, -0.15) is 0 Å². The van der Waals surface area contributed by atoms with E-state index in [1.165, 1.54) is 0 Å². The van der Waals surface area contributed by atoms with Crippen LogP contribution in [0.3, 0.4) is 0 Å². The minimum Gasteiger partial charge on any atom is -0.341 e. The van der Waals surface area contributed by atoms with Gasteiger partial charge in [-0.05, 0) is 36.8 Å². The van der Waals surface area contributed by atoms with Gasteiger partial charge in [0.1, 0.15) is 12.4 Å². The second-order valence-corrected chi connectivity index (χ2v) is 9.23. The average molecular weight is 413 g/mol. The largest absolute Gasteiger partial charge is 0.341 e. The number of amides is 2. The summed E-state index contributed by atoms with van der Waals surface area (Å²) in [7, 11) is 0. The summed E-state index contributed by atoms with van der Waals surface area (Å²) in [5.74, 6) is 1.95. The van der Waals surface area contributed by atoms with Gasteiger partial charge in [0.2, 0.25) is 11.8 Å². The minimum atomic E-state index is -0.0544. The molecule has 1 saturated heterocycles. The minimum absolute atomic E-state index is 0.0544. The Hall–Kier alpha value is -2.37. The van der Waals surface area contributed by atoms with Crippen LogP contribution in [-0.4, -0.2) is 50.8 Å². The van der Waals surface area contributed by atoms with Crippen molar-refractivity contribution in [2.75, 3.05) is 19.6 Å². The molecule has 2 aromatic rings. The summed E-state index contributed by atoms with van der Waals surface area (Å²) in [6.45, 7) is 13.0. The van der Waals surface area contributed by atoms with Crippen LogP contribution >= 0.6 is 0 Å². The first kappa shape index (κ1) is 22.3. The zero-order chi connectivity index (χ0) is 21.8. The molecule has 1 fully saturated rings. The first-order chi connectivity index (χ1) is 14.3. The maximum atomic E-state index is 13.4. The zero-order valence-corrected chi connectivity index (χ0v) is 19.1. The van der Waals surface area contributed by atoms with Gasteiger partial charge >= 0.3 is 0 Å². The number of hydrogen-bond donors (Lipinski definition) is 0. The van der Waals surface area contributed by atoms with Crippen molar-refractivity contribution in [1.29, 1.82) is 0 Å². The molecular formula is C24H36N4O2. The third-order valence-electron chi connectivity index (χ3n) is 5.67. The Morgan fingerprint density at radius 1 is 1.13 bits per heavy atom. The topological polar surface area (TPSA) is 58.4 Å². The van der Waals surface area contributed by atoms with Gasteiger partial charge in [-0.25, -0.2) is 4.98 Å². The summed E-state index contributed by atoms with van der Waals surface area (Å²) >= 11 is 0. The smallest absolute Gasteiger partial charge is 0.242 e. The summed E-state index contributed by atoms with van der Waals surface area (Å²) in [5.41, 5.74) is 1.85. The molecule has 6 nitrogen and oxygen atoms in total. The summed E-state index contributed by atoms with van der Waals surface area (Å²) < 4.78 is 2.05. The molecule has 0 spiro atoms. The van der Waals surface area contributed by atoms with Crippen LogP contribution in [0.1, 0.15) is 65.7 Å². The molecule has 3 rings (SSSR count). The Balaban J connectivity index is 1.97. The molecule has 0 saturated carbocycles. The molecule has 1 atom stereocenters. The highest BCUT2D eigenvalue weighted by Gasteiger charge is 2.33. The molecule has 0 unspecified atom stereocenters. The third-order valence-corrected chi connectivity index (χ3v) is 5.67. The van der Waals surface area contributed by atoms with Crippen LogP contribution in [0.5, 0.6) is 0 Å². The van der Waals surface area contributed by atoms with Crippen molar-refractivity contribution in [3.8, 4) is 0 Å². The molecule has 1 aromatic heterocycles. The first-order valence-corrected chi connectivity index (χ1v) is 11.3. The Kier molecular flexibility index (Phi) is 7.16. The number of aromatic nitrogens is 2. The lowest BCUT2D eigenvalue weighted by Gasteiger charge is -2.28. The molecule has 2 amide bonds. The Morgan fingerprint density at radius 2 is 1.80 bits per heavy atom. The van der Waals surface area contributed by atoms with E-state index in [0.29, 0.717) is 18.3 Å². The fraction of sp³-hybridized carbons (Fsp3) is 0.625. The van der Waals surface area contributed by atoms with E-state index in [-0.39, 0.29) is 24.4 Å². The summed E-state index contributed by atoms with van der Waals surface area (Å²) in [4.78, 5) is 34.7.